The number of rotatable bonds is 4. The van der Waals surface area contributed by atoms with Crippen molar-refractivity contribution in [3.05, 3.63) is 23.7 Å². The van der Waals surface area contributed by atoms with Crippen LogP contribution in [0.5, 0.6) is 0 Å². The summed E-state index contributed by atoms with van der Waals surface area (Å²) in [6, 6.07) is 4.28. The molecule has 1 atom stereocenters. The summed E-state index contributed by atoms with van der Waals surface area (Å²) in [5.41, 5.74) is 5.87. The molecule has 2 N–H and O–H groups in total. The lowest BCUT2D eigenvalue weighted by atomic mass is 9.94. The van der Waals surface area contributed by atoms with Gasteiger partial charge in [0.05, 0.1) is 6.04 Å². The van der Waals surface area contributed by atoms with Gasteiger partial charge in [-0.05, 0) is 53.4 Å². The van der Waals surface area contributed by atoms with Crippen molar-refractivity contribution in [2.24, 2.45) is 5.73 Å². The molecule has 1 unspecified atom stereocenters. The Bertz CT molecular complexity index is 310. The minimum atomic E-state index is -0.185. The molecular weight excluding hydrogens is 188 g/mol. The fourth-order valence-corrected chi connectivity index (χ4v) is 1.67. The minimum Gasteiger partial charge on any atom is -0.465 e. The third-order valence-corrected chi connectivity index (χ3v) is 2.43. The molecule has 1 aromatic heterocycles. The lowest BCUT2D eigenvalue weighted by Gasteiger charge is -2.29. The molecule has 1 aromatic rings. The van der Waals surface area contributed by atoms with Crippen LogP contribution < -0.4 is 5.73 Å². The van der Waals surface area contributed by atoms with Gasteiger partial charge in [-0.15, -0.1) is 0 Å². The van der Waals surface area contributed by atoms with Crippen LogP contribution in [0, 0.1) is 6.92 Å². The largest absolute Gasteiger partial charge is 0.465 e. The second-order valence-corrected chi connectivity index (χ2v) is 5.12. The van der Waals surface area contributed by atoms with Crippen LogP contribution in [0.1, 0.15) is 37.8 Å². The van der Waals surface area contributed by atoms with Crippen molar-refractivity contribution in [2.45, 2.75) is 38.8 Å². The molecular formula is C12H22N2O. The highest BCUT2D eigenvalue weighted by Crippen LogP contribution is 2.27. The van der Waals surface area contributed by atoms with Gasteiger partial charge in [-0.1, -0.05) is 0 Å². The van der Waals surface area contributed by atoms with Gasteiger partial charge in [0.1, 0.15) is 11.5 Å². The maximum atomic E-state index is 6.05. The molecule has 0 saturated carbocycles. The Kier molecular flexibility index (Phi) is 3.58. The second-order valence-electron chi connectivity index (χ2n) is 5.12. The van der Waals surface area contributed by atoms with Crippen molar-refractivity contribution in [3.63, 3.8) is 0 Å². The Morgan fingerprint density at radius 1 is 1.40 bits per heavy atom. The summed E-state index contributed by atoms with van der Waals surface area (Å²) in [6.07, 6.45) is 0.882. The third-order valence-electron chi connectivity index (χ3n) is 2.43. The van der Waals surface area contributed by atoms with E-state index in [1.54, 1.807) is 0 Å². The van der Waals surface area contributed by atoms with Crippen molar-refractivity contribution < 1.29 is 4.42 Å². The van der Waals surface area contributed by atoms with Gasteiger partial charge in [0.2, 0.25) is 0 Å². The Hall–Kier alpha value is -0.800. The average Bonchev–Trinajstić information content (AvgIpc) is 2.45. The minimum absolute atomic E-state index is 0.185. The van der Waals surface area contributed by atoms with E-state index in [0.717, 1.165) is 17.9 Å². The highest BCUT2D eigenvalue weighted by molar-refractivity contribution is 5.10. The average molecular weight is 210 g/mol. The fraction of sp³-hybridized carbons (Fsp3) is 0.667. The van der Waals surface area contributed by atoms with Crippen LogP contribution in [0.15, 0.2) is 16.5 Å². The van der Waals surface area contributed by atoms with E-state index in [1.807, 2.05) is 47.0 Å². The van der Waals surface area contributed by atoms with Gasteiger partial charge in [-0.3, -0.25) is 4.90 Å². The van der Waals surface area contributed by atoms with Gasteiger partial charge in [-0.25, -0.2) is 0 Å². The van der Waals surface area contributed by atoms with Gasteiger partial charge in [0.25, 0.3) is 0 Å². The monoisotopic (exact) mass is 210 g/mol. The normalized spacial score (nSPS) is 14.6. The zero-order valence-corrected chi connectivity index (χ0v) is 10.4. The van der Waals surface area contributed by atoms with Crippen molar-refractivity contribution in [3.8, 4) is 0 Å². The van der Waals surface area contributed by atoms with Crippen molar-refractivity contribution >= 4 is 0 Å². The molecule has 0 aliphatic carbocycles. The summed E-state index contributed by atoms with van der Waals surface area (Å²) in [7, 11) is 4.10. The lowest BCUT2D eigenvalue weighted by Crippen LogP contribution is -2.37. The summed E-state index contributed by atoms with van der Waals surface area (Å²) in [5.74, 6) is 1.95. The van der Waals surface area contributed by atoms with E-state index in [9.17, 15) is 0 Å². The van der Waals surface area contributed by atoms with Crippen LogP contribution in [-0.2, 0) is 0 Å². The van der Waals surface area contributed by atoms with Crippen molar-refractivity contribution in [1.82, 2.24) is 4.90 Å². The van der Waals surface area contributed by atoms with E-state index in [2.05, 4.69) is 4.90 Å². The Morgan fingerprint density at radius 2 is 2.00 bits per heavy atom. The van der Waals surface area contributed by atoms with E-state index in [1.165, 1.54) is 0 Å². The first-order valence-corrected chi connectivity index (χ1v) is 5.31. The first kappa shape index (κ1) is 12.3. The number of nitrogens with zero attached hydrogens (tertiary/aromatic N) is 1. The number of hydrogen-bond donors (Lipinski definition) is 1. The van der Waals surface area contributed by atoms with Crippen LogP contribution in [0.3, 0.4) is 0 Å². The molecule has 0 amide bonds. The molecule has 3 heteroatoms. The first-order chi connectivity index (χ1) is 6.79. The topological polar surface area (TPSA) is 42.4 Å². The smallest absolute Gasteiger partial charge is 0.121 e. The van der Waals surface area contributed by atoms with E-state index >= 15 is 0 Å². The molecule has 0 aromatic carbocycles. The molecule has 1 heterocycles. The van der Waals surface area contributed by atoms with Crippen LogP contribution in [-0.4, -0.2) is 24.5 Å². The van der Waals surface area contributed by atoms with Crippen LogP contribution in [0.25, 0.3) is 0 Å². The molecule has 0 radical (unpaired) electrons. The van der Waals surface area contributed by atoms with Crippen LogP contribution in [0.4, 0.5) is 0 Å². The number of nitrogens with two attached hydrogens (primary N) is 1. The molecule has 0 aliphatic heterocycles. The zero-order chi connectivity index (χ0) is 11.6. The summed E-state index contributed by atoms with van der Waals surface area (Å²) in [4.78, 5) is 2.15. The molecule has 0 spiro atoms. The SMILES string of the molecule is Cc1ccc(C(CC(C)(C)N)N(C)C)o1. The molecule has 1 rings (SSSR count). The summed E-state index contributed by atoms with van der Waals surface area (Å²) in [5, 5.41) is 0. The Morgan fingerprint density at radius 3 is 2.33 bits per heavy atom. The third kappa shape index (κ3) is 3.68. The standard InChI is InChI=1S/C12H22N2O/c1-9-6-7-11(15-9)10(14(4)5)8-12(2,3)13/h6-7,10H,8,13H2,1-5H3. The molecule has 0 aliphatic rings. The van der Waals surface area contributed by atoms with Gasteiger partial charge >= 0.3 is 0 Å². The van der Waals surface area contributed by atoms with E-state index in [4.69, 9.17) is 10.2 Å². The van der Waals surface area contributed by atoms with E-state index in [0.29, 0.717) is 0 Å². The molecule has 0 bridgehead atoms. The molecule has 3 nitrogen and oxygen atoms in total. The molecule has 0 saturated heterocycles. The summed E-state index contributed by atoms with van der Waals surface area (Å²) in [6.45, 7) is 6.04. The number of hydrogen-bond acceptors (Lipinski definition) is 3. The predicted octanol–water partition coefficient (Wildman–Crippen LogP) is 2.32. The van der Waals surface area contributed by atoms with E-state index in [-0.39, 0.29) is 11.6 Å². The molecule has 0 fully saturated rings. The van der Waals surface area contributed by atoms with Gasteiger partial charge in [-0.2, -0.15) is 0 Å². The highest BCUT2D eigenvalue weighted by Gasteiger charge is 2.24. The zero-order valence-electron chi connectivity index (χ0n) is 10.4. The van der Waals surface area contributed by atoms with Crippen LogP contribution in [0.2, 0.25) is 0 Å². The lowest BCUT2D eigenvalue weighted by molar-refractivity contribution is 0.210. The fourth-order valence-electron chi connectivity index (χ4n) is 1.67. The second kappa shape index (κ2) is 4.37. The maximum Gasteiger partial charge on any atom is 0.121 e. The Balaban J connectivity index is 2.84. The number of furan rings is 1. The molecule has 15 heavy (non-hydrogen) atoms. The van der Waals surface area contributed by atoms with E-state index < -0.39 is 0 Å². The van der Waals surface area contributed by atoms with Gasteiger partial charge in [0, 0.05) is 5.54 Å². The van der Waals surface area contributed by atoms with Gasteiger partial charge < -0.3 is 10.2 Å². The number of aryl methyl sites for hydroxylation is 1. The van der Waals surface area contributed by atoms with Crippen molar-refractivity contribution in [2.75, 3.05) is 14.1 Å². The highest BCUT2D eigenvalue weighted by atomic mass is 16.3. The maximum absolute atomic E-state index is 6.05. The first-order valence-electron chi connectivity index (χ1n) is 5.31. The van der Waals surface area contributed by atoms with Crippen molar-refractivity contribution in [1.29, 1.82) is 0 Å². The quantitative estimate of drug-likeness (QED) is 0.829. The Labute approximate surface area is 92.2 Å². The van der Waals surface area contributed by atoms with Crippen LogP contribution >= 0.6 is 0 Å². The molecule has 86 valence electrons. The van der Waals surface area contributed by atoms with Gasteiger partial charge in [0.15, 0.2) is 0 Å². The predicted molar refractivity (Wildman–Crippen MR) is 62.8 cm³/mol. The summed E-state index contributed by atoms with van der Waals surface area (Å²) >= 11 is 0. The summed E-state index contributed by atoms with van der Waals surface area (Å²) < 4.78 is 5.66.